The van der Waals surface area contributed by atoms with Crippen LogP contribution < -0.4 is 9.80 Å². The highest BCUT2D eigenvalue weighted by Crippen LogP contribution is 2.48. The monoisotopic (exact) mass is 510 g/mol. The van der Waals surface area contributed by atoms with E-state index in [0.29, 0.717) is 13.0 Å². The van der Waals surface area contributed by atoms with Gasteiger partial charge in [0.1, 0.15) is 0 Å². The second-order valence-corrected chi connectivity index (χ2v) is 10.3. The summed E-state index contributed by atoms with van der Waals surface area (Å²) >= 11 is 0. The van der Waals surface area contributed by atoms with Gasteiger partial charge in [0.2, 0.25) is 0 Å². The van der Waals surface area contributed by atoms with Crippen molar-refractivity contribution in [2.45, 2.75) is 43.6 Å². The molecule has 5 rings (SSSR count). The first kappa shape index (κ1) is 25.6. The summed E-state index contributed by atoms with van der Waals surface area (Å²) in [5.74, 6) is 0. The molecule has 2 heterocycles. The highest BCUT2D eigenvalue weighted by atomic mass is 19.4. The predicted molar refractivity (Wildman–Crippen MR) is 140 cm³/mol. The number of rotatable bonds is 7. The molecule has 1 saturated heterocycles. The number of hydrogen-bond donors (Lipinski definition) is 1. The molecular weight excluding hydrogens is 477 g/mol. The van der Waals surface area contributed by atoms with E-state index in [9.17, 15) is 18.3 Å². The van der Waals surface area contributed by atoms with Crippen molar-refractivity contribution in [2.75, 3.05) is 43.1 Å². The van der Waals surface area contributed by atoms with Crippen molar-refractivity contribution in [3.8, 4) is 0 Å². The van der Waals surface area contributed by atoms with Gasteiger partial charge < -0.3 is 19.6 Å². The first-order valence-corrected chi connectivity index (χ1v) is 12.7. The van der Waals surface area contributed by atoms with Crippen molar-refractivity contribution in [3.63, 3.8) is 0 Å². The topological polar surface area (TPSA) is 35.9 Å². The number of ether oxygens (including phenoxy) is 1. The minimum absolute atomic E-state index is 0.220. The molecule has 1 fully saturated rings. The van der Waals surface area contributed by atoms with Crippen LogP contribution >= 0.6 is 0 Å². The Hall–Kier alpha value is -3.03. The number of fused-ring (bicyclic) bond motifs is 1. The lowest BCUT2D eigenvalue weighted by Crippen LogP contribution is -2.44. The zero-order valence-electron chi connectivity index (χ0n) is 21.2. The van der Waals surface area contributed by atoms with E-state index in [1.165, 1.54) is 0 Å². The van der Waals surface area contributed by atoms with Crippen LogP contribution in [0.15, 0.2) is 72.8 Å². The van der Waals surface area contributed by atoms with Gasteiger partial charge in [-0.15, -0.1) is 0 Å². The molecule has 0 spiro atoms. The van der Waals surface area contributed by atoms with E-state index in [2.05, 4.69) is 41.3 Å². The Morgan fingerprint density at radius 1 is 1.05 bits per heavy atom. The van der Waals surface area contributed by atoms with Crippen molar-refractivity contribution < 1.29 is 23.0 Å². The Bertz CT molecular complexity index is 1250. The highest BCUT2D eigenvalue weighted by molar-refractivity contribution is 5.67. The molecule has 3 aromatic rings. The zero-order valence-corrected chi connectivity index (χ0v) is 21.2. The molecule has 7 heteroatoms. The van der Waals surface area contributed by atoms with Crippen LogP contribution in [0.1, 0.15) is 28.7 Å². The number of anilines is 2. The Labute approximate surface area is 216 Å². The number of aliphatic hydroxyl groups excluding tert-OH is 1. The van der Waals surface area contributed by atoms with Gasteiger partial charge in [-0.3, -0.25) is 0 Å². The van der Waals surface area contributed by atoms with Crippen molar-refractivity contribution in [1.29, 1.82) is 0 Å². The minimum atomic E-state index is -4.67. The van der Waals surface area contributed by atoms with Gasteiger partial charge in [-0.05, 0) is 54.7 Å². The van der Waals surface area contributed by atoms with Gasteiger partial charge in [-0.2, -0.15) is 13.2 Å². The molecule has 1 unspecified atom stereocenters. The molecule has 0 aromatic heterocycles. The smallest absolute Gasteiger partial charge is 0.382 e. The summed E-state index contributed by atoms with van der Waals surface area (Å²) in [5, 5.41) is 9.96. The van der Waals surface area contributed by atoms with Crippen LogP contribution in [-0.2, 0) is 16.6 Å². The van der Waals surface area contributed by atoms with E-state index < -0.39 is 24.2 Å². The quantitative estimate of drug-likeness (QED) is 0.456. The van der Waals surface area contributed by atoms with Gasteiger partial charge in [-0.25, -0.2) is 0 Å². The minimum Gasteiger partial charge on any atom is -0.382 e. The second kappa shape index (κ2) is 10.0. The average Bonchev–Trinajstić information content (AvgIpc) is 3.48. The predicted octanol–water partition coefficient (Wildman–Crippen LogP) is 5.49. The molecule has 3 aromatic carbocycles. The molecule has 0 aliphatic carbocycles. The van der Waals surface area contributed by atoms with E-state index in [1.54, 1.807) is 12.0 Å². The maximum atomic E-state index is 13.3. The van der Waals surface area contributed by atoms with E-state index in [4.69, 9.17) is 4.74 Å². The molecule has 3 atom stereocenters. The molecule has 0 radical (unpaired) electrons. The molecule has 0 amide bonds. The average molecular weight is 511 g/mol. The fraction of sp³-hybridized carbons (Fsp3) is 0.400. The fourth-order valence-corrected chi connectivity index (χ4v) is 5.93. The molecule has 2 aliphatic rings. The molecule has 0 saturated carbocycles. The summed E-state index contributed by atoms with van der Waals surface area (Å²) in [7, 11) is 1.75. The van der Waals surface area contributed by atoms with Gasteiger partial charge in [0.25, 0.3) is 0 Å². The lowest BCUT2D eigenvalue weighted by molar-refractivity contribution is -0.200. The van der Waals surface area contributed by atoms with Gasteiger partial charge >= 0.3 is 6.18 Å². The van der Waals surface area contributed by atoms with Crippen molar-refractivity contribution in [2.24, 2.45) is 0 Å². The van der Waals surface area contributed by atoms with Gasteiger partial charge in [-0.1, -0.05) is 60.2 Å². The van der Waals surface area contributed by atoms with Crippen LogP contribution in [0.3, 0.4) is 0 Å². The number of methoxy groups -OCH3 is 1. The number of hydrogen-bond acceptors (Lipinski definition) is 4. The van der Waals surface area contributed by atoms with E-state index in [-0.39, 0.29) is 6.10 Å². The molecule has 196 valence electrons. The van der Waals surface area contributed by atoms with Crippen LogP contribution in [0.2, 0.25) is 0 Å². The highest BCUT2D eigenvalue weighted by Gasteiger charge is 2.47. The summed E-state index contributed by atoms with van der Waals surface area (Å²) in [6.45, 7) is 3.65. The summed E-state index contributed by atoms with van der Waals surface area (Å²) in [4.78, 5) is 4.02. The second-order valence-electron chi connectivity index (χ2n) is 10.3. The molecule has 2 aliphatic heterocycles. The first-order valence-electron chi connectivity index (χ1n) is 12.7. The third-order valence-corrected chi connectivity index (χ3v) is 7.82. The van der Waals surface area contributed by atoms with Gasteiger partial charge in [0, 0.05) is 43.5 Å². The third-order valence-electron chi connectivity index (χ3n) is 7.82. The van der Waals surface area contributed by atoms with Gasteiger partial charge in [0.05, 0.1) is 12.6 Å². The number of para-hydroxylation sites is 1. The Balaban J connectivity index is 1.55. The molecule has 0 bridgehead atoms. The number of aryl methyl sites for hydroxylation is 1. The van der Waals surface area contributed by atoms with E-state index in [1.807, 2.05) is 43.3 Å². The molecule has 37 heavy (non-hydrogen) atoms. The number of benzene rings is 3. The summed E-state index contributed by atoms with van der Waals surface area (Å²) < 4.78 is 45.6. The number of alkyl halides is 3. The fourth-order valence-electron chi connectivity index (χ4n) is 5.93. The number of β-amino-alcohol motifs (C(OH)–C–C–N with tert-alkyl or cyclic N) is 1. The van der Waals surface area contributed by atoms with Crippen molar-refractivity contribution in [3.05, 3.63) is 95.1 Å². The Morgan fingerprint density at radius 3 is 2.57 bits per heavy atom. The standard InChI is InChI=1S/C30H33F3N2O2/c1-21-7-5-9-23(15-21)29(17-22-8-6-10-24(16-22)34-14-13-25(18-34)37-2)20-35(19-28(36)30(31,32)33)27-12-4-3-11-26(27)29/h3-12,15-16,25,28,36H,13-14,17-20H2,1-2H3/t25-,28+,29?/m0/s1. The SMILES string of the molecule is CO[C@H]1CCN(c2cccc(CC3(c4cccc(C)c4)CN(C[C@@H](O)C(F)(F)F)c4ccccc43)c2)C1. The van der Waals surface area contributed by atoms with Crippen LogP contribution in [0.5, 0.6) is 0 Å². The number of halogens is 3. The Kier molecular flexibility index (Phi) is 6.94. The number of aliphatic hydroxyl groups is 1. The molecule has 1 N–H and O–H groups in total. The molecular formula is C30H33F3N2O2. The van der Waals surface area contributed by atoms with Crippen molar-refractivity contribution in [1.82, 2.24) is 0 Å². The maximum Gasteiger partial charge on any atom is 0.416 e. The van der Waals surface area contributed by atoms with Crippen LogP contribution in [0.4, 0.5) is 24.5 Å². The van der Waals surface area contributed by atoms with E-state index >= 15 is 0 Å². The first-order chi connectivity index (χ1) is 17.7. The van der Waals surface area contributed by atoms with Crippen LogP contribution in [-0.4, -0.2) is 56.8 Å². The maximum absolute atomic E-state index is 13.3. The van der Waals surface area contributed by atoms with Crippen LogP contribution in [0.25, 0.3) is 0 Å². The molecule has 4 nitrogen and oxygen atoms in total. The Morgan fingerprint density at radius 2 is 1.84 bits per heavy atom. The zero-order chi connectivity index (χ0) is 26.2. The normalized spacial score (nSPS) is 22.4. The van der Waals surface area contributed by atoms with Crippen molar-refractivity contribution >= 4 is 11.4 Å². The lowest BCUT2D eigenvalue weighted by Gasteiger charge is -2.33. The summed E-state index contributed by atoms with van der Waals surface area (Å²) in [6, 6.07) is 24.4. The summed E-state index contributed by atoms with van der Waals surface area (Å²) in [6.07, 6.45) is -5.26. The van der Waals surface area contributed by atoms with Crippen LogP contribution in [0, 0.1) is 6.92 Å². The van der Waals surface area contributed by atoms with E-state index in [0.717, 1.165) is 53.1 Å². The largest absolute Gasteiger partial charge is 0.416 e. The lowest BCUT2D eigenvalue weighted by atomic mass is 9.71. The van der Waals surface area contributed by atoms with Gasteiger partial charge in [0.15, 0.2) is 6.10 Å². The third kappa shape index (κ3) is 5.07. The summed E-state index contributed by atoms with van der Waals surface area (Å²) in [5.41, 5.74) is 5.58. The number of nitrogens with zero attached hydrogens (tertiary/aromatic N) is 2.